The topological polar surface area (TPSA) is 72.7 Å². The van der Waals surface area contributed by atoms with Gasteiger partial charge in [-0.15, -0.1) is 0 Å². The van der Waals surface area contributed by atoms with E-state index in [1.54, 1.807) is 10.9 Å². The lowest BCUT2D eigenvalue weighted by molar-refractivity contribution is -0.113. The number of nitrogens with zero attached hydrogens (tertiary/aromatic N) is 4. The molecule has 2 aromatic heterocycles. The van der Waals surface area contributed by atoms with Crippen molar-refractivity contribution in [1.29, 1.82) is 0 Å². The van der Waals surface area contributed by atoms with E-state index in [9.17, 15) is 13.6 Å². The van der Waals surface area contributed by atoms with Crippen LogP contribution in [0.4, 0.5) is 14.5 Å². The minimum absolute atomic E-state index is 0.0425. The molecule has 0 spiro atoms. The zero-order valence-electron chi connectivity index (χ0n) is 15.3. The largest absolute Gasteiger partial charge is 0.325 e. The lowest BCUT2D eigenvalue weighted by Gasteiger charge is -2.06. The zero-order valence-corrected chi connectivity index (χ0v) is 16.1. The molecule has 1 N–H and O–H groups in total. The summed E-state index contributed by atoms with van der Waals surface area (Å²) in [7, 11) is 0. The standard InChI is InChI=1S/C20H15F2N5OS/c1-12-2-5-14(6-3-12)27-19-15(9-25-27)20(24-11-23-19)29-10-18(28)26-13-4-7-16(21)17(22)8-13/h2-9,11H,10H2,1H3,(H,26,28). The Bertz CT molecular complexity index is 1190. The van der Waals surface area contributed by atoms with Crippen LogP contribution in [0, 0.1) is 18.6 Å². The Hall–Kier alpha value is -3.33. The third kappa shape index (κ3) is 4.09. The minimum Gasteiger partial charge on any atom is -0.325 e. The molecule has 29 heavy (non-hydrogen) atoms. The van der Waals surface area contributed by atoms with Gasteiger partial charge in [0, 0.05) is 11.8 Å². The van der Waals surface area contributed by atoms with Gasteiger partial charge >= 0.3 is 0 Å². The molecule has 4 aromatic rings. The van der Waals surface area contributed by atoms with Crippen LogP contribution in [0.1, 0.15) is 5.56 Å². The lowest BCUT2D eigenvalue weighted by atomic mass is 10.2. The molecule has 0 atom stereocenters. The fourth-order valence-corrected chi connectivity index (χ4v) is 3.48. The van der Waals surface area contributed by atoms with Crippen molar-refractivity contribution < 1.29 is 13.6 Å². The van der Waals surface area contributed by atoms with E-state index in [1.807, 2.05) is 31.2 Å². The number of amides is 1. The first kappa shape index (κ1) is 19.0. The second kappa shape index (κ2) is 7.96. The van der Waals surface area contributed by atoms with Crippen LogP contribution in [0.3, 0.4) is 0 Å². The monoisotopic (exact) mass is 411 g/mol. The maximum atomic E-state index is 13.3. The molecule has 0 aliphatic heterocycles. The number of carbonyl (C=O) groups is 1. The highest BCUT2D eigenvalue weighted by Gasteiger charge is 2.13. The Labute approximate surface area is 169 Å². The molecule has 0 saturated carbocycles. The first-order chi connectivity index (χ1) is 14.0. The Morgan fingerprint density at radius 1 is 1.10 bits per heavy atom. The normalized spacial score (nSPS) is 11.0. The first-order valence-electron chi connectivity index (χ1n) is 8.65. The molecular formula is C20H15F2N5OS. The number of benzene rings is 2. The van der Waals surface area contributed by atoms with Gasteiger partial charge in [0.1, 0.15) is 11.4 Å². The van der Waals surface area contributed by atoms with E-state index in [4.69, 9.17) is 0 Å². The number of halogens is 2. The molecular weight excluding hydrogens is 396 g/mol. The van der Waals surface area contributed by atoms with Crippen molar-refractivity contribution in [3.8, 4) is 5.69 Å². The Morgan fingerprint density at radius 2 is 1.90 bits per heavy atom. The number of fused-ring (bicyclic) bond motifs is 1. The van der Waals surface area contributed by atoms with Gasteiger partial charge in [-0.1, -0.05) is 29.5 Å². The van der Waals surface area contributed by atoms with Gasteiger partial charge in [0.2, 0.25) is 5.91 Å². The average Bonchev–Trinajstić information content (AvgIpc) is 3.14. The van der Waals surface area contributed by atoms with Crippen LogP contribution in [0.2, 0.25) is 0 Å². The summed E-state index contributed by atoms with van der Waals surface area (Å²) < 4.78 is 28.0. The van der Waals surface area contributed by atoms with E-state index >= 15 is 0 Å². The SMILES string of the molecule is Cc1ccc(-n2ncc3c(SCC(=O)Nc4ccc(F)c(F)c4)ncnc32)cc1. The molecule has 0 saturated heterocycles. The summed E-state index contributed by atoms with van der Waals surface area (Å²) in [6, 6.07) is 11.1. The van der Waals surface area contributed by atoms with Gasteiger partial charge in [-0.25, -0.2) is 23.4 Å². The molecule has 2 aromatic carbocycles. The van der Waals surface area contributed by atoms with E-state index in [-0.39, 0.29) is 17.3 Å². The summed E-state index contributed by atoms with van der Waals surface area (Å²) in [5, 5.41) is 8.25. The number of thioether (sulfide) groups is 1. The van der Waals surface area contributed by atoms with Crippen molar-refractivity contribution in [3.05, 3.63) is 72.2 Å². The van der Waals surface area contributed by atoms with Crippen LogP contribution in [0.5, 0.6) is 0 Å². The molecule has 0 aliphatic rings. The number of carbonyl (C=O) groups excluding carboxylic acids is 1. The quantitative estimate of drug-likeness (QED) is 0.395. The van der Waals surface area contributed by atoms with Crippen molar-refractivity contribution in [2.45, 2.75) is 11.9 Å². The molecule has 0 bridgehead atoms. The summed E-state index contributed by atoms with van der Waals surface area (Å²) >= 11 is 1.21. The molecule has 0 fully saturated rings. The maximum Gasteiger partial charge on any atom is 0.234 e. The van der Waals surface area contributed by atoms with Crippen molar-refractivity contribution in [1.82, 2.24) is 19.7 Å². The van der Waals surface area contributed by atoms with E-state index in [2.05, 4.69) is 20.4 Å². The van der Waals surface area contributed by atoms with Gasteiger partial charge in [0.25, 0.3) is 0 Å². The van der Waals surface area contributed by atoms with Crippen LogP contribution >= 0.6 is 11.8 Å². The summed E-state index contributed by atoms with van der Waals surface area (Å²) in [5.74, 6) is -2.30. The number of nitrogens with one attached hydrogen (secondary N) is 1. The van der Waals surface area contributed by atoms with Crippen LogP contribution in [0.25, 0.3) is 16.7 Å². The van der Waals surface area contributed by atoms with E-state index in [0.717, 1.165) is 28.8 Å². The number of aryl methyl sites for hydroxylation is 1. The lowest BCUT2D eigenvalue weighted by Crippen LogP contribution is -2.14. The van der Waals surface area contributed by atoms with E-state index < -0.39 is 11.6 Å². The van der Waals surface area contributed by atoms with Crippen molar-refractivity contribution >= 4 is 34.4 Å². The Morgan fingerprint density at radius 3 is 2.66 bits per heavy atom. The molecule has 1 amide bonds. The maximum absolute atomic E-state index is 13.3. The molecule has 146 valence electrons. The molecule has 0 radical (unpaired) electrons. The van der Waals surface area contributed by atoms with Crippen LogP contribution < -0.4 is 5.32 Å². The third-order valence-electron chi connectivity index (χ3n) is 4.15. The highest BCUT2D eigenvalue weighted by molar-refractivity contribution is 8.00. The summed E-state index contributed by atoms with van der Waals surface area (Å²) in [6.45, 7) is 2.01. The molecule has 2 heterocycles. The van der Waals surface area contributed by atoms with Crippen molar-refractivity contribution in [2.24, 2.45) is 0 Å². The Balaban J connectivity index is 1.50. The number of hydrogen-bond donors (Lipinski definition) is 1. The highest BCUT2D eigenvalue weighted by atomic mass is 32.2. The summed E-state index contributed by atoms with van der Waals surface area (Å²) in [4.78, 5) is 20.7. The minimum atomic E-state index is -1.02. The van der Waals surface area contributed by atoms with Crippen LogP contribution in [0.15, 0.2) is 60.0 Å². The summed E-state index contributed by atoms with van der Waals surface area (Å²) in [6.07, 6.45) is 3.08. The second-order valence-electron chi connectivity index (χ2n) is 6.27. The predicted molar refractivity (Wildman–Crippen MR) is 107 cm³/mol. The highest BCUT2D eigenvalue weighted by Crippen LogP contribution is 2.26. The van der Waals surface area contributed by atoms with Gasteiger partial charge in [-0.3, -0.25) is 4.79 Å². The van der Waals surface area contributed by atoms with Gasteiger partial charge in [0.15, 0.2) is 17.3 Å². The van der Waals surface area contributed by atoms with Crippen molar-refractivity contribution in [3.63, 3.8) is 0 Å². The molecule has 0 unspecified atom stereocenters. The summed E-state index contributed by atoms with van der Waals surface area (Å²) in [5.41, 5.74) is 2.83. The first-order valence-corrected chi connectivity index (χ1v) is 9.63. The molecule has 6 nitrogen and oxygen atoms in total. The fourth-order valence-electron chi connectivity index (χ4n) is 2.72. The number of aromatic nitrogens is 4. The van der Waals surface area contributed by atoms with Gasteiger partial charge in [-0.05, 0) is 31.2 Å². The van der Waals surface area contributed by atoms with Gasteiger partial charge in [0.05, 0.1) is 23.0 Å². The van der Waals surface area contributed by atoms with E-state index in [0.29, 0.717) is 10.7 Å². The molecule has 0 aliphatic carbocycles. The van der Waals surface area contributed by atoms with Gasteiger partial charge < -0.3 is 5.32 Å². The number of hydrogen-bond acceptors (Lipinski definition) is 5. The average molecular weight is 411 g/mol. The van der Waals surface area contributed by atoms with E-state index in [1.165, 1.54) is 24.2 Å². The molecule has 9 heteroatoms. The fraction of sp³-hybridized carbons (Fsp3) is 0.100. The second-order valence-corrected chi connectivity index (χ2v) is 7.24. The Kier molecular flexibility index (Phi) is 5.22. The van der Waals surface area contributed by atoms with Crippen LogP contribution in [-0.2, 0) is 4.79 Å². The van der Waals surface area contributed by atoms with Crippen molar-refractivity contribution in [2.75, 3.05) is 11.1 Å². The molecule has 4 rings (SSSR count). The third-order valence-corrected chi connectivity index (χ3v) is 5.16. The number of rotatable bonds is 5. The van der Waals surface area contributed by atoms with Gasteiger partial charge in [-0.2, -0.15) is 5.10 Å². The predicted octanol–water partition coefficient (Wildman–Crippen LogP) is 4.13. The number of anilines is 1. The smallest absolute Gasteiger partial charge is 0.234 e. The zero-order chi connectivity index (χ0) is 20.4. The van der Waals surface area contributed by atoms with Crippen LogP contribution in [-0.4, -0.2) is 31.4 Å².